The predicted molar refractivity (Wildman–Crippen MR) is 72.0 cm³/mol. The lowest BCUT2D eigenvalue weighted by molar-refractivity contribution is 0.708. The molecule has 0 atom stereocenters. The molecule has 0 saturated carbocycles. The molecule has 0 aliphatic heterocycles. The molecule has 0 amide bonds. The van der Waals surface area contributed by atoms with Gasteiger partial charge in [0.1, 0.15) is 5.69 Å². The minimum Gasteiger partial charge on any atom is -0.268 e. The molecule has 5 heteroatoms. The molecular formula is C14H12N4O. The highest BCUT2D eigenvalue weighted by Gasteiger charge is 2.09. The Morgan fingerprint density at radius 1 is 1.00 bits per heavy atom. The van der Waals surface area contributed by atoms with Crippen LogP contribution >= 0.6 is 0 Å². The summed E-state index contributed by atoms with van der Waals surface area (Å²) in [6.45, 7) is 0. The highest BCUT2D eigenvalue weighted by atomic mass is 16.1. The molecule has 0 aliphatic carbocycles. The summed E-state index contributed by atoms with van der Waals surface area (Å²) in [6.07, 6.45) is 1.72. The normalized spacial score (nSPS) is 10.6. The van der Waals surface area contributed by atoms with E-state index in [1.165, 1.54) is 10.7 Å². The average Bonchev–Trinajstić information content (AvgIpc) is 2.92. The topological polar surface area (TPSA) is 52.7 Å². The van der Waals surface area contributed by atoms with Crippen molar-refractivity contribution in [3.05, 3.63) is 65.1 Å². The first kappa shape index (κ1) is 11.4. The van der Waals surface area contributed by atoms with E-state index in [0.29, 0.717) is 5.69 Å². The zero-order valence-corrected chi connectivity index (χ0v) is 10.4. The summed E-state index contributed by atoms with van der Waals surface area (Å²) in [5, 5.41) is 8.55. The third kappa shape index (κ3) is 2.06. The lowest BCUT2D eigenvalue weighted by atomic mass is 10.2. The second kappa shape index (κ2) is 4.53. The predicted octanol–water partition coefficient (Wildman–Crippen LogP) is 1.63. The minimum absolute atomic E-state index is 0.130. The Kier molecular flexibility index (Phi) is 2.72. The molecule has 0 unspecified atom stereocenters. The lowest BCUT2D eigenvalue weighted by Crippen LogP contribution is -2.18. The van der Waals surface area contributed by atoms with Crippen LogP contribution in [0.15, 0.2) is 59.5 Å². The first-order chi connectivity index (χ1) is 9.25. The molecule has 3 rings (SSSR count). The third-order valence-corrected chi connectivity index (χ3v) is 2.87. The van der Waals surface area contributed by atoms with E-state index in [1.807, 2.05) is 36.4 Å². The fraction of sp³-hybridized carbons (Fsp3) is 0.0714. The lowest BCUT2D eigenvalue weighted by Gasteiger charge is -2.07. The Labute approximate surface area is 109 Å². The van der Waals surface area contributed by atoms with Crippen LogP contribution in [0.25, 0.3) is 17.1 Å². The maximum Gasteiger partial charge on any atom is 0.266 e. The van der Waals surface area contributed by atoms with Crippen molar-refractivity contribution < 1.29 is 0 Å². The Hall–Kier alpha value is -2.69. The van der Waals surface area contributed by atoms with Gasteiger partial charge in [0.15, 0.2) is 0 Å². The highest BCUT2D eigenvalue weighted by molar-refractivity contribution is 5.56. The summed E-state index contributed by atoms with van der Waals surface area (Å²) >= 11 is 0. The van der Waals surface area contributed by atoms with Gasteiger partial charge in [0, 0.05) is 13.1 Å². The van der Waals surface area contributed by atoms with Gasteiger partial charge in [0.25, 0.3) is 5.56 Å². The van der Waals surface area contributed by atoms with Crippen LogP contribution < -0.4 is 5.56 Å². The van der Waals surface area contributed by atoms with Crippen LogP contribution in [-0.4, -0.2) is 19.6 Å². The van der Waals surface area contributed by atoms with Gasteiger partial charge in [-0.25, -0.2) is 9.36 Å². The van der Waals surface area contributed by atoms with Gasteiger partial charge in [-0.1, -0.05) is 18.2 Å². The number of aromatic nitrogens is 4. The van der Waals surface area contributed by atoms with Crippen LogP contribution in [0.5, 0.6) is 0 Å². The number of nitrogens with zero attached hydrogens (tertiary/aromatic N) is 4. The largest absolute Gasteiger partial charge is 0.268 e. The van der Waals surface area contributed by atoms with Crippen LogP contribution in [-0.2, 0) is 7.05 Å². The number of aryl methyl sites for hydroxylation is 1. The molecule has 0 saturated heterocycles. The molecule has 0 fully saturated rings. The summed E-state index contributed by atoms with van der Waals surface area (Å²) in [5.74, 6) is 0. The molecule has 0 bridgehead atoms. The molecule has 0 aliphatic rings. The van der Waals surface area contributed by atoms with E-state index in [4.69, 9.17) is 0 Å². The van der Waals surface area contributed by atoms with Crippen molar-refractivity contribution in [2.45, 2.75) is 0 Å². The Morgan fingerprint density at radius 3 is 2.53 bits per heavy atom. The Morgan fingerprint density at radius 2 is 1.79 bits per heavy atom. The van der Waals surface area contributed by atoms with Crippen LogP contribution in [0.4, 0.5) is 0 Å². The number of benzene rings is 1. The summed E-state index contributed by atoms with van der Waals surface area (Å²) in [5.41, 5.74) is 2.39. The molecule has 2 aromatic heterocycles. The van der Waals surface area contributed by atoms with Gasteiger partial charge >= 0.3 is 0 Å². The van der Waals surface area contributed by atoms with Crippen LogP contribution in [0.1, 0.15) is 0 Å². The van der Waals surface area contributed by atoms with E-state index in [-0.39, 0.29) is 5.56 Å². The molecule has 2 heterocycles. The molecule has 5 nitrogen and oxygen atoms in total. The van der Waals surface area contributed by atoms with E-state index in [9.17, 15) is 4.79 Å². The van der Waals surface area contributed by atoms with Crippen molar-refractivity contribution in [3.63, 3.8) is 0 Å². The number of rotatable bonds is 2. The van der Waals surface area contributed by atoms with Crippen molar-refractivity contribution in [3.8, 4) is 17.1 Å². The summed E-state index contributed by atoms with van der Waals surface area (Å²) in [7, 11) is 1.63. The molecule has 19 heavy (non-hydrogen) atoms. The molecule has 3 aromatic rings. The smallest absolute Gasteiger partial charge is 0.266 e. The van der Waals surface area contributed by atoms with Gasteiger partial charge in [-0.3, -0.25) is 4.79 Å². The van der Waals surface area contributed by atoms with E-state index >= 15 is 0 Å². The van der Waals surface area contributed by atoms with E-state index in [1.54, 1.807) is 24.0 Å². The van der Waals surface area contributed by atoms with Gasteiger partial charge in [-0.2, -0.15) is 10.2 Å². The van der Waals surface area contributed by atoms with Crippen LogP contribution in [0.2, 0.25) is 0 Å². The average molecular weight is 252 g/mol. The van der Waals surface area contributed by atoms with E-state index in [0.717, 1.165) is 11.4 Å². The molecule has 0 radical (unpaired) electrons. The Bertz CT molecular complexity index is 758. The fourth-order valence-electron chi connectivity index (χ4n) is 1.91. The zero-order valence-electron chi connectivity index (χ0n) is 10.4. The van der Waals surface area contributed by atoms with Gasteiger partial charge in [0.05, 0.1) is 17.6 Å². The Balaban J connectivity index is 2.15. The van der Waals surface area contributed by atoms with E-state index < -0.39 is 0 Å². The van der Waals surface area contributed by atoms with Crippen molar-refractivity contribution in [1.29, 1.82) is 0 Å². The van der Waals surface area contributed by atoms with Crippen molar-refractivity contribution in [2.24, 2.45) is 7.05 Å². The molecular weight excluding hydrogens is 240 g/mol. The standard InChI is InChI=1S/C14H12N4O/c1-17-14(19)8-7-12(16-17)13-9-10-15-18(13)11-5-3-2-4-6-11/h2-10H,1H3. The third-order valence-electron chi connectivity index (χ3n) is 2.87. The summed E-state index contributed by atoms with van der Waals surface area (Å²) in [6, 6.07) is 14.9. The van der Waals surface area contributed by atoms with Gasteiger partial charge in [0.2, 0.25) is 0 Å². The van der Waals surface area contributed by atoms with Gasteiger partial charge in [-0.05, 0) is 24.3 Å². The first-order valence-corrected chi connectivity index (χ1v) is 5.90. The van der Waals surface area contributed by atoms with Gasteiger partial charge < -0.3 is 0 Å². The minimum atomic E-state index is -0.130. The van der Waals surface area contributed by atoms with Crippen LogP contribution in [0.3, 0.4) is 0 Å². The molecule has 0 spiro atoms. The quantitative estimate of drug-likeness (QED) is 0.696. The fourth-order valence-corrected chi connectivity index (χ4v) is 1.91. The van der Waals surface area contributed by atoms with Crippen LogP contribution in [0, 0.1) is 0 Å². The monoisotopic (exact) mass is 252 g/mol. The second-order valence-electron chi connectivity index (χ2n) is 4.14. The molecule has 94 valence electrons. The molecule has 0 N–H and O–H groups in total. The number of hydrogen-bond donors (Lipinski definition) is 0. The first-order valence-electron chi connectivity index (χ1n) is 5.90. The maximum absolute atomic E-state index is 11.4. The van der Waals surface area contributed by atoms with Crippen molar-refractivity contribution in [2.75, 3.05) is 0 Å². The van der Waals surface area contributed by atoms with Gasteiger partial charge in [-0.15, -0.1) is 0 Å². The summed E-state index contributed by atoms with van der Waals surface area (Å²) in [4.78, 5) is 11.4. The maximum atomic E-state index is 11.4. The van der Waals surface area contributed by atoms with E-state index in [2.05, 4.69) is 10.2 Å². The van der Waals surface area contributed by atoms with Crippen molar-refractivity contribution in [1.82, 2.24) is 19.6 Å². The SMILES string of the molecule is Cn1nc(-c2ccnn2-c2ccccc2)ccc1=O. The van der Waals surface area contributed by atoms with Crippen molar-refractivity contribution >= 4 is 0 Å². The summed E-state index contributed by atoms with van der Waals surface area (Å²) < 4.78 is 3.12. The second-order valence-corrected chi connectivity index (χ2v) is 4.14. The highest BCUT2D eigenvalue weighted by Crippen LogP contribution is 2.19. The number of para-hydroxylation sites is 1. The zero-order chi connectivity index (χ0) is 13.2. The molecule has 1 aromatic carbocycles. The number of hydrogen-bond acceptors (Lipinski definition) is 3.